The van der Waals surface area contributed by atoms with Gasteiger partial charge in [-0.05, 0) is 83.5 Å². The van der Waals surface area contributed by atoms with Crippen LogP contribution in [-0.2, 0) is 33.3 Å². The third-order valence-corrected chi connectivity index (χ3v) is 12.5. The van der Waals surface area contributed by atoms with Gasteiger partial charge < -0.3 is 33.3 Å². The fraction of sp³-hybridized carbons (Fsp3) is 0.682. The second-order valence-corrected chi connectivity index (χ2v) is 20.9. The molecule has 0 rings (SSSR count). The standard InChI is InChI=1S/C66H111NO8/c1-6-8-10-12-14-16-18-20-21-22-23-24-25-26-27-28-29-30-31-32-33-34-35-36-37-38-39-40-41-42-43-45-47-49-51-53-55-57-64(69)75-62(61-74-66(65(70)71)72-59-58-67(3,4)5)60-73-63(68)56-54-52-50-48-46-44-19-17-15-13-11-9-7-2/h8-11,14-17,20-21,23-24,26-27,44,46,50,52,62,66H,6-7,12-13,18-19,22,25,28-43,45,47-49,51,53-61H2,1-5H3/b10-8-,11-9-,16-14-,17-15-,21-20-,24-23-,27-26-,46-44-,52-50-. The first-order valence-electron chi connectivity index (χ1n) is 30.0. The van der Waals surface area contributed by atoms with E-state index in [2.05, 4.69) is 111 Å². The summed E-state index contributed by atoms with van der Waals surface area (Å²) in [6.07, 6.45) is 74.8. The van der Waals surface area contributed by atoms with E-state index in [0.29, 0.717) is 23.9 Å². The summed E-state index contributed by atoms with van der Waals surface area (Å²) < 4.78 is 22.6. The summed E-state index contributed by atoms with van der Waals surface area (Å²) in [4.78, 5) is 37.1. The minimum atomic E-state index is -1.64. The van der Waals surface area contributed by atoms with Crippen LogP contribution in [0.3, 0.4) is 0 Å². The summed E-state index contributed by atoms with van der Waals surface area (Å²) in [6.45, 7) is 4.43. The van der Waals surface area contributed by atoms with Crippen LogP contribution in [0.4, 0.5) is 0 Å². The summed E-state index contributed by atoms with van der Waals surface area (Å²) in [5.74, 6) is -2.39. The molecule has 428 valence electrons. The second kappa shape index (κ2) is 56.2. The van der Waals surface area contributed by atoms with Gasteiger partial charge in [-0.2, -0.15) is 0 Å². The van der Waals surface area contributed by atoms with Crippen molar-refractivity contribution in [3.63, 3.8) is 0 Å². The molecule has 0 aliphatic heterocycles. The molecule has 0 saturated carbocycles. The van der Waals surface area contributed by atoms with Crippen LogP contribution in [0.2, 0.25) is 0 Å². The van der Waals surface area contributed by atoms with Crippen molar-refractivity contribution in [1.29, 1.82) is 0 Å². The van der Waals surface area contributed by atoms with Crippen molar-refractivity contribution in [3.05, 3.63) is 109 Å². The highest BCUT2D eigenvalue weighted by atomic mass is 16.7. The lowest BCUT2D eigenvalue weighted by molar-refractivity contribution is -0.870. The average Bonchev–Trinajstić information content (AvgIpc) is 3.38. The van der Waals surface area contributed by atoms with Crippen molar-refractivity contribution in [1.82, 2.24) is 0 Å². The zero-order chi connectivity index (χ0) is 54.8. The quantitative estimate of drug-likeness (QED) is 0.0195. The summed E-state index contributed by atoms with van der Waals surface area (Å²) in [6, 6.07) is 0. The fourth-order valence-electron chi connectivity index (χ4n) is 7.99. The average molecular weight is 1050 g/mol. The van der Waals surface area contributed by atoms with Gasteiger partial charge in [0.05, 0.1) is 40.3 Å². The minimum absolute atomic E-state index is 0.134. The number of ether oxygens (including phenoxy) is 4. The molecule has 0 aromatic rings. The number of esters is 2. The predicted molar refractivity (Wildman–Crippen MR) is 315 cm³/mol. The SMILES string of the molecule is CC/C=C\C/C=C\C/C=C\C/C=C\C/C=C\CCCCCCCCCCCCCCCCCCCCCCCC(=O)OC(COC(=O)CC/C=C\C/C=C\C/C=C\C/C=C\CC)COC(OCC[N+](C)(C)C)C(=O)[O-]. The van der Waals surface area contributed by atoms with Gasteiger partial charge in [-0.15, -0.1) is 0 Å². The Morgan fingerprint density at radius 2 is 0.747 bits per heavy atom. The van der Waals surface area contributed by atoms with E-state index >= 15 is 0 Å². The van der Waals surface area contributed by atoms with E-state index in [1.165, 1.54) is 116 Å². The molecule has 0 aliphatic carbocycles. The zero-order valence-corrected chi connectivity index (χ0v) is 48.6. The molecule has 2 unspecified atom stereocenters. The number of carboxylic acid groups (broad SMARTS) is 1. The Balaban J connectivity index is 4.05. The molecule has 0 heterocycles. The molecular weight excluding hydrogens is 935 g/mol. The van der Waals surface area contributed by atoms with Crippen LogP contribution < -0.4 is 5.11 Å². The van der Waals surface area contributed by atoms with Gasteiger partial charge in [0, 0.05) is 12.8 Å². The third-order valence-electron chi connectivity index (χ3n) is 12.5. The predicted octanol–water partition coefficient (Wildman–Crippen LogP) is 16.6. The van der Waals surface area contributed by atoms with E-state index in [1.807, 2.05) is 33.3 Å². The molecule has 0 fully saturated rings. The van der Waals surface area contributed by atoms with Crippen LogP contribution in [0.1, 0.15) is 232 Å². The normalized spacial score (nSPS) is 13.6. The number of unbranched alkanes of at least 4 members (excludes halogenated alkanes) is 21. The first-order chi connectivity index (χ1) is 36.6. The van der Waals surface area contributed by atoms with Crippen LogP contribution in [0.15, 0.2) is 109 Å². The Kier molecular flexibility index (Phi) is 53.1. The third kappa shape index (κ3) is 57.5. The van der Waals surface area contributed by atoms with E-state index in [0.717, 1.165) is 77.0 Å². The molecule has 0 saturated heterocycles. The van der Waals surface area contributed by atoms with Crippen LogP contribution >= 0.6 is 0 Å². The number of carboxylic acids is 1. The number of aliphatic carboxylic acids is 1. The second-order valence-electron chi connectivity index (χ2n) is 20.9. The number of allylic oxidation sites excluding steroid dienone is 18. The number of hydrogen-bond acceptors (Lipinski definition) is 8. The van der Waals surface area contributed by atoms with Gasteiger partial charge in [-0.25, -0.2) is 0 Å². The van der Waals surface area contributed by atoms with E-state index < -0.39 is 30.3 Å². The Morgan fingerprint density at radius 3 is 1.12 bits per heavy atom. The molecule has 9 nitrogen and oxygen atoms in total. The van der Waals surface area contributed by atoms with Gasteiger partial charge in [0.25, 0.3) is 0 Å². The van der Waals surface area contributed by atoms with E-state index in [9.17, 15) is 19.5 Å². The molecule has 0 bridgehead atoms. The smallest absolute Gasteiger partial charge is 0.306 e. The number of quaternary nitrogens is 1. The molecule has 9 heteroatoms. The topological polar surface area (TPSA) is 111 Å². The van der Waals surface area contributed by atoms with Gasteiger partial charge in [-0.1, -0.05) is 245 Å². The molecule has 2 atom stereocenters. The lowest BCUT2D eigenvalue weighted by Crippen LogP contribution is -2.44. The van der Waals surface area contributed by atoms with Crippen molar-refractivity contribution in [3.8, 4) is 0 Å². The zero-order valence-electron chi connectivity index (χ0n) is 48.6. The minimum Gasteiger partial charge on any atom is -0.545 e. The first-order valence-corrected chi connectivity index (χ1v) is 30.0. The Morgan fingerprint density at radius 1 is 0.400 bits per heavy atom. The Bertz CT molecular complexity index is 1590. The van der Waals surface area contributed by atoms with Gasteiger partial charge in [-0.3, -0.25) is 9.59 Å². The van der Waals surface area contributed by atoms with Gasteiger partial charge in [0.15, 0.2) is 12.4 Å². The number of carbonyl (C=O) groups is 3. The lowest BCUT2D eigenvalue weighted by atomic mass is 10.0. The van der Waals surface area contributed by atoms with Crippen LogP contribution in [-0.4, -0.2) is 82.3 Å². The molecule has 75 heavy (non-hydrogen) atoms. The number of likely N-dealkylation sites (N-methyl/N-ethyl adjacent to an activating group) is 1. The summed E-state index contributed by atoms with van der Waals surface area (Å²) in [5, 5.41) is 11.7. The van der Waals surface area contributed by atoms with Crippen molar-refractivity contribution in [2.75, 3.05) is 47.5 Å². The summed E-state index contributed by atoms with van der Waals surface area (Å²) in [7, 11) is 5.90. The van der Waals surface area contributed by atoms with E-state index in [1.54, 1.807) is 0 Å². The van der Waals surface area contributed by atoms with E-state index in [-0.39, 0.29) is 32.7 Å². The maximum atomic E-state index is 12.8. The Hall–Kier alpha value is -4.05. The van der Waals surface area contributed by atoms with Crippen molar-refractivity contribution in [2.45, 2.75) is 245 Å². The van der Waals surface area contributed by atoms with Gasteiger partial charge in [0.1, 0.15) is 13.2 Å². The number of rotatable bonds is 54. The van der Waals surface area contributed by atoms with Crippen molar-refractivity contribution < 1.29 is 42.9 Å². The maximum Gasteiger partial charge on any atom is 0.306 e. The molecular formula is C66H111NO8. The van der Waals surface area contributed by atoms with Gasteiger partial charge in [0.2, 0.25) is 0 Å². The molecule has 0 aromatic heterocycles. The monoisotopic (exact) mass is 1050 g/mol. The molecule has 0 spiro atoms. The molecule has 0 aliphatic rings. The van der Waals surface area contributed by atoms with E-state index in [4.69, 9.17) is 18.9 Å². The summed E-state index contributed by atoms with van der Waals surface area (Å²) >= 11 is 0. The molecule has 0 N–H and O–H groups in total. The molecule has 0 radical (unpaired) electrons. The first kappa shape index (κ1) is 71.0. The number of carbonyl (C=O) groups excluding carboxylic acids is 3. The highest BCUT2D eigenvalue weighted by molar-refractivity contribution is 5.70. The highest BCUT2D eigenvalue weighted by Gasteiger charge is 2.21. The molecule has 0 amide bonds. The lowest BCUT2D eigenvalue weighted by Gasteiger charge is -2.26. The Labute approximate surface area is 460 Å². The van der Waals surface area contributed by atoms with Gasteiger partial charge >= 0.3 is 11.9 Å². The van der Waals surface area contributed by atoms with Crippen molar-refractivity contribution >= 4 is 17.9 Å². The van der Waals surface area contributed by atoms with Crippen LogP contribution in [0, 0.1) is 0 Å². The number of hydrogen-bond donors (Lipinski definition) is 0. The highest BCUT2D eigenvalue weighted by Crippen LogP contribution is 2.16. The van der Waals surface area contributed by atoms with Crippen molar-refractivity contribution in [2.24, 2.45) is 0 Å². The number of nitrogens with zero attached hydrogens (tertiary/aromatic N) is 1. The van der Waals surface area contributed by atoms with Crippen LogP contribution in [0.25, 0.3) is 0 Å². The summed E-state index contributed by atoms with van der Waals surface area (Å²) in [5.41, 5.74) is 0. The maximum absolute atomic E-state index is 12.8. The molecule has 0 aromatic carbocycles. The van der Waals surface area contributed by atoms with Crippen LogP contribution in [0.5, 0.6) is 0 Å². The fourth-order valence-corrected chi connectivity index (χ4v) is 7.99. The largest absolute Gasteiger partial charge is 0.545 e.